The molecule has 20 heteroatoms. The summed E-state index contributed by atoms with van der Waals surface area (Å²) in [5, 5.41) is 28.4. The molecular formula is C59H88Cl2N10O8. The number of likely N-dealkylation sites (N-methyl/N-ethyl adjacent to an activating group) is 2. The zero-order valence-electron chi connectivity index (χ0n) is 47.8. The highest BCUT2D eigenvalue weighted by Gasteiger charge is 2.46. The van der Waals surface area contributed by atoms with Crippen LogP contribution in [0.15, 0.2) is 60.7 Å². The summed E-state index contributed by atoms with van der Waals surface area (Å²) in [4.78, 5) is 113. The minimum Gasteiger partial charge on any atom is -0.352 e. The van der Waals surface area contributed by atoms with E-state index in [4.69, 9.17) is 0 Å². The van der Waals surface area contributed by atoms with Crippen LogP contribution in [0.25, 0.3) is 10.8 Å². The molecule has 18 nitrogen and oxygen atoms in total. The molecule has 1 aliphatic heterocycles. The third kappa shape index (κ3) is 17.3. The van der Waals surface area contributed by atoms with Gasteiger partial charge in [-0.15, -0.1) is 24.8 Å². The lowest BCUT2D eigenvalue weighted by Crippen LogP contribution is -2.59. The Morgan fingerprint density at radius 1 is 0.671 bits per heavy atom. The number of carbonyl (C=O) groups excluding carboxylic acids is 8. The van der Waals surface area contributed by atoms with Gasteiger partial charge in [0.15, 0.2) is 0 Å². The summed E-state index contributed by atoms with van der Waals surface area (Å²) in [6.07, 6.45) is 7.90. The first-order valence-electron chi connectivity index (χ1n) is 28.0. The Balaban J connectivity index is 0.00000672. The maximum Gasteiger partial charge on any atom is 0.251 e. The third-order valence-corrected chi connectivity index (χ3v) is 16.0. The average molecular weight is 1140 g/mol. The van der Waals surface area contributed by atoms with E-state index < -0.39 is 71.3 Å². The maximum absolute atomic E-state index is 14.6. The minimum atomic E-state index is -0.990. The quantitative estimate of drug-likeness (QED) is 0.0608. The third-order valence-electron chi connectivity index (χ3n) is 16.0. The molecule has 9 N–H and O–H groups in total. The molecule has 1 heterocycles. The van der Waals surface area contributed by atoms with Crippen LogP contribution in [-0.4, -0.2) is 128 Å². The van der Waals surface area contributed by atoms with Crippen LogP contribution in [0.2, 0.25) is 0 Å². The van der Waals surface area contributed by atoms with Gasteiger partial charge in [-0.2, -0.15) is 0 Å². The molecule has 436 valence electrons. The number of hydrogen-bond acceptors (Lipinski definition) is 10. The molecule has 2 unspecified atom stereocenters. The Morgan fingerprint density at radius 3 is 1.91 bits per heavy atom. The van der Waals surface area contributed by atoms with Gasteiger partial charge in [0.1, 0.15) is 24.2 Å². The van der Waals surface area contributed by atoms with E-state index in [-0.39, 0.29) is 98.3 Å². The van der Waals surface area contributed by atoms with Gasteiger partial charge in [0.25, 0.3) is 11.8 Å². The number of rotatable bonds is 22. The molecule has 8 amide bonds. The van der Waals surface area contributed by atoms with Gasteiger partial charge in [0, 0.05) is 36.3 Å². The van der Waals surface area contributed by atoms with Crippen molar-refractivity contribution in [1.82, 2.24) is 52.8 Å². The van der Waals surface area contributed by atoms with E-state index in [2.05, 4.69) is 53.9 Å². The summed E-state index contributed by atoms with van der Waals surface area (Å²) in [6.45, 7) is 15.2. The minimum absolute atomic E-state index is 0. The molecule has 6 rings (SSSR count). The molecule has 0 aromatic heterocycles. The first kappa shape index (κ1) is 65.7. The zero-order valence-corrected chi connectivity index (χ0v) is 49.5. The van der Waals surface area contributed by atoms with Gasteiger partial charge in [-0.3, -0.25) is 38.4 Å². The number of aryl methyl sites for hydroxylation is 1. The van der Waals surface area contributed by atoms with Crippen molar-refractivity contribution in [2.75, 3.05) is 27.2 Å². The van der Waals surface area contributed by atoms with Gasteiger partial charge in [-0.05, 0) is 143 Å². The van der Waals surface area contributed by atoms with Gasteiger partial charge >= 0.3 is 0 Å². The summed E-state index contributed by atoms with van der Waals surface area (Å²) in [5.74, 6) is -2.91. The van der Waals surface area contributed by atoms with Crippen LogP contribution in [0.5, 0.6) is 0 Å². The molecule has 3 aliphatic rings. The Labute approximate surface area is 479 Å². The van der Waals surface area contributed by atoms with Gasteiger partial charge in [0.05, 0.1) is 18.1 Å². The fourth-order valence-corrected chi connectivity index (χ4v) is 10.7. The van der Waals surface area contributed by atoms with Crippen molar-refractivity contribution in [3.8, 4) is 0 Å². The molecule has 3 aromatic carbocycles. The SMILES string of the molecule is CC[C@H](NC)C(=O)N[C@H](C(=O)N[C@H](CCNC(=O)c1ccc2cc(C(=O)NC3CC(C(=O)N[C@@H]4CCCc5ccccc54)N(C(=O)[C@@H](NC(=O)[C@H](C)NC)C(C)(C)C)C3)ccc2c1)C(=O)N[C@H](C)C(C)C)C1CCCCC1.Cl.Cl. The van der Waals surface area contributed by atoms with E-state index in [0.717, 1.165) is 56.9 Å². The van der Waals surface area contributed by atoms with Crippen LogP contribution in [0, 0.1) is 17.3 Å². The molecular weight excluding hydrogens is 1050 g/mol. The van der Waals surface area contributed by atoms with Crippen LogP contribution in [0.4, 0.5) is 0 Å². The van der Waals surface area contributed by atoms with Crippen LogP contribution in [-0.2, 0) is 35.2 Å². The summed E-state index contributed by atoms with van der Waals surface area (Å²) in [7, 11) is 3.37. The van der Waals surface area contributed by atoms with Gasteiger partial charge in [-0.1, -0.05) is 97.2 Å². The number of amides is 8. The highest BCUT2D eigenvalue weighted by atomic mass is 35.5. The summed E-state index contributed by atoms with van der Waals surface area (Å²) < 4.78 is 0. The number of carbonyl (C=O) groups is 8. The number of hydrogen-bond donors (Lipinski definition) is 9. The standard InChI is InChI=1S/C59H86N10O8.2ClH/c1-11-45(61-10)54(73)67-49(38-19-13-12-14-20-38)57(76)66-47(55(74)63-35(4)34(2)3)28-29-62-52(71)41-26-24-40-31-42(27-25-39(40)30-41)53(72)64-43-32-48(56(75)65-46-23-17-21-37-18-15-16-22-44(37)46)69(33-43)58(77)50(59(6,7)8)68-51(70)36(5)60-9;;/h15-16,18,22,24-27,30-31,34-36,38,43,45-50,60-61H,11-14,17,19-21,23,28-29,32-33H2,1-10H3,(H,62,71)(H,63,74)(H,64,72)(H,65,75)(H,66,76)(H,67,73)(H,68,70);2*1H/t35-,36+,43?,45+,46-,47-,48?,49+,50-;;/m1../s1. The Hall–Kier alpha value is -5.82. The average Bonchev–Trinajstić information content (AvgIpc) is 3.89. The van der Waals surface area contributed by atoms with Gasteiger partial charge < -0.3 is 52.8 Å². The van der Waals surface area contributed by atoms with Crippen LogP contribution in [0.1, 0.15) is 157 Å². The van der Waals surface area contributed by atoms with Gasteiger partial charge in [0.2, 0.25) is 35.4 Å². The summed E-state index contributed by atoms with van der Waals surface area (Å²) in [6, 6.07) is 12.5. The second kappa shape index (κ2) is 30.1. The first-order valence-corrected chi connectivity index (χ1v) is 28.0. The number of fused-ring (bicyclic) bond motifs is 2. The Morgan fingerprint density at radius 2 is 1.30 bits per heavy atom. The molecule has 2 aliphatic carbocycles. The predicted octanol–water partition coefficient (Wildman–Crippen LogP) is 5.54. The van der Waals surface area contributed by atoms with Crippen molar-refractivity contribution in [2.45, 2.75) is 180 Å². The molecule has 1 saturated carbocycles. The topological polar surface area (TPSA) is 248 Å². The molecule has 1 saturated heterocycles. The van der Waals surface area contributed by atoms with E-state index in [1.807, 2.05) is 66.7 Å². The number of nitrogens with one attached hydrogen (secondary N) is 9. The van der Waals surface area contributed by atoms with Crippen molar-refractivity contribution < 1.29 is 38.4 Å². The molecule has 79 heavy (non-hydrogen) atoms. The fraction of sp³-hybridized carbons (Fsp3) is 0.593. The second-order valence-corrected chi connectivity index (χ2v) is 22.9. The molecule has 2 fully saturated rings. The highest BCUT2D eigenvalue weighted by Crippen LogP contribution is 2.32. The number of benzene rings is 3. The van der Waals surface area contributed by atoms with Crippen molar-refractivity contribution in [3.05, 3.63) is 82.9 Å². The zero-order chi connectivity index (χ0) is 56.1. The van der Waals surface area contributed by atoms with E-state index in [9.17, 15) is 38.4 Å². The van der Waals surface area contributed by atoms with Crippen molar-refractivity contribution in [3.63, 3.8) is 0 Å². The molecule has 0 radical (unpaired) electrons. The number of nitrogens with zero attached hydrogens (tertiary/aromatic N) is 1. The fourth-order valence-electron chi connectivity index (χ4n) is 10.7. The largest absolute Gasteiger partial charge is 0.352 e. The lowest BCUT2D eigenvalue weighted by molar-refractivity contribution is -0.144. The number of halogens is 2. The van der Waals surface area contributed by atoms with Crippen molar-refractivity contribution >= 4 is 82.8 Å². The lowest BCUT2D eigenvalue weighted by Gasteiger charge is -2.36. The van der Waals surface area contributed by atoms with Crippen LogP contribution < -0.4 is 47.9 Å². The first-order chi connectivity index (χ1) is 36.6. The second-order valence-electron chi connectivity index (χ2n) is 22.9. The van der Waals surface area contributed by atoms with E-state index in [0.29, 0.717) is 28.3 Å². The summed E-state index contributed by atoms with van der Waals surface area (Å²) in [5.41, 5.74) is 2.21. The van der Waals surface area contributed by atoms with Crippen molar-refractivity contribution in [1.29, 1.82) is 0 Å². The van der Waals surface area contributed by atoms with E-state index in [1.165, 1.54) is 10.5 Å². The van der Waals surface area contributed by atoms with Crippen LogP contribution in [0.3, 0.4) is 0 Å². The lowest BCUT2D eigenvalue weighted by atomic mass is 9.83. The Kier molecular flexibility index (Phi) is 25.1. The van der Waals surface area contributed by atoms with E-state index in [1.54, 1.807) is 57.4 Å². The molecule has 0 bridgehead atoms. The van der Waals surface area contributed by atoms with Crippen molar-refractivity contribution in [2.24, 2.45) is 17.3 Å². The van der Waals surface area contributed by atoms with E-state index >= 15 is 0 Å². The van der Waals surface area contributed by atoms with Crippen LogP contribution >= 0.6 is 24.8 Å². The highest BCUT2D eigenvalue weighted by molar-refractivity contribution is 6.02. The normalized spacial score (nSPS) is 19.6. The van der Waals surface area contributed by atoms with Gasteiger partial charge in [-0.25, -0.2) is 0 Å². The monoisotopic (exact) mass is 1130 g/mol. The summed E-state index contributed by atoms with van der Waals surface area (Å²) >= 11 is 0. The smallest absolute Gasteiger partial charge is 0.251 e. The predicted molar refractivity (Wildman–Crippen MR) is 313 cm³/mol. The maximum atomic E-state index is 14.6. The molecule has 9 atom stereocenters. The Bertz CT molecular complexity index is 2600. The number of likely N-dealkylation sites (tertiary alicyclic amines) is 1. The molecule has 3 aromatic rings. The molecule has 0 spiro atoms.